The molecule has 3 amide bonds. The van der Waals surface area contributed by atoms with Crippen LogP contribution >= 0.6 is 0 Å². The third-order valence-corrected chi connectivity index (χ3v) is 3.37. The highest BCUT2D eigenvalue weighted by atomic mass is 16.6. The first-order chi connectivity index (χ1) is 10.8. The fraction of sp³-hybridized carbons (Fsp3) is 0.312. The third kappa shape index (κ3) is 3.50. The first-order valence-corrected chi connectivity index (χ1v) is 7.10. The maximum Gasteiger partial charge on any atom is 0.375 e. The minimum atomic E-state index is -1.15. The van der Waals surface area contributed by atoms with Gasteiger partial charge >= 0.3 is 12.0 Å². The van der Waals surface area contributed by atoms with Gasteiger partial charge in [-0.2, -0.15) is 0 Å². The first kappa shape index (κ1) is 16.5. The van der Waals surface area contributed by atoms with E-state index in [1.165, 1.54) is 0 Å². The van der Waals surface area contributed by atoms with Crippen LogP contribution in [0.1, 0.15) is 30.0 Å². The van der Waals surface area contributed by atoms with E-state index >= 15 is 0 Å². The molecule has 2 rings (SSSR count). The van der Waals surface area contributed by atoms with Gasteiger partial charge in [-0.15, -0.1) is 0 Å². The van der Waals surface area contributed by atoms with Crippen LogP contribution in [-0.2, 0) is 9.53 Å². The number of ether oxygens (including phenoxy) is 1. The Bertz CT molecular complexity index is 763. The minimum Gasteiger partial charge on any atom is -0.449 e. The first-order valence-electron chi connectivity index (χ1n) is 7.10. The van der Waals surface area contributed by atoms with Gasteiger partial charge in [0.25, 0.3) is 5.91 Å². The number of carbonyl (C=O) groups is 3. The molecule has 0 aliphatic carbocycles. The van der Waals surface area contributed by atoms with E-state index in [1.54, 1.807) is 32.9 Å². The number of amides is 3. The number of aryl methyl sites for hydroxylation is 1. The van der Waals surface area contributed by atoms with Gasteiger partial charge in [0.2, 0.25) is 5.76 Å². The summed E-state index contributed by atoms with van der Waals surface area (Å²) in [5.41, 5.74) is 6.10. The second kappa shape index (κ2) is 6.51. The molecule has 1 aromatic heterocycles. The van der Waals surface area contributed by atoms with Crippen molar-refractivity contribution < 1.29 is 23.5 Å². The average Bonchev–Trinajstić information content (AvgIpc) is 2.81. The molecular weight excluding hydrogens is 300 g/mol. The van der Waals surface area contributed by atoms with E-state index in [0.29, 0.717) is 11.1 Å². The topological polar surface area (TPSA) is 112 Å². The lowest BCUT2D eigenvalue weighted by molar-refractivity contribution is -0.131. The molecule has 7 heteroatoms. The van der Waals surface area contributed by atoms with E-state index in [9.17, 15) is 14.4 Å². The zero-order valence-corrected chi connectivity index (χ0v) is 13.1. The van der Waals surface area contributed by atoms with Crippen LogP contribution in [0.4, 0.5) is 4.79 Å². The second-order valence-electron chi connectivity index (χ2n) is 5.48. The van der Waals surface area contributed by atoms with Crippen LogP contribution in [-0.4, -0.2) is 24.0 Å². The lowest BCUT2D eigenvalue weighted by Crippen LogP contribution is -2.45. The Morgan fingerprint density at radius 2 is 1.87 bits per heavy atom. The number of benzene rings is 1. The Morgan fingerprint density at radius 3 is 2.43 bits per heavy atom. The number of hydrogen-bond acceptors (Lipinski definition) is 5. The van der Waals surface area contributed by atoms with Gasteiger partial charge in [-0.05, 0) is 18.9 Å². The van der Waals surface area contributed by atoms with Gasteiger partial charge < -0.3 is 14.9 Å². The molecule has 0 unspecified atom stereocenters. The molecule has 1 aromatic carbocycles. The molecule has 0 bridgehead atoms. The molecule has 0 fully saturated rings. The van der Waals surface area contributed by atoms with Gasteiger partial charge in [0.15, 0.2) is 6.10 Å². The molecule has 23 heavy (non-hydrogen) atoms. The highest BCUT2D eigenvalue weighted by molar-refractivity contribution is 5.99. The monoisotopic (exact) mass is 318 g/mol. The number of rotatable bonds is 4. The zero-order chi connectivity index (χ0) is 17.1. The van der Waals surface area contributed by atoms with Crippen molar-refractivity contribution in [3.63, 3.8) is 0 Å². The van der Waals surface area contributed by atoms with Gasteiger partial charge in [0.1, 0.15) is 5.58 Å². The molecule has 122 valence electrons. The highest BCUT2D eigenvalue weighted by Crippen LogP contribution is 2.26. The van der Waals surface area contributed by atoms with E-state index in [0.717, 1.165) is 5.39 Å². The number of urea groups is 1. The number of imide groups is 1. The molecule has 1 heterocycles. The number of fused-ring (bicyclic) bond motifs is 1. The summed E-state index contributed by atoms with van der Waals surface area (Å²) < 4.78 is 10.7. The molecule has 3 N–H and O–H groups in total. The number of nitrogens with two attached hydrogens (primary N) is 1. The summed E-state index contributed by atoms with van der Waals surface area (Å²) in [4.78, 5) is 35.0. The Kier molecular flexibility index (Phi) is 4.68. The van der Waals surface area contributed by atoms with E-state index in [-0.39, 0.29) is 11.7 Å². The summed E-state index contributed by atoms with van der Waals surface area (Å²) in [5, 5.41) is 2.71. The van der Waals surface area contributed by atoms with Crippen molar-refractivity contribution in [3.8, 4) is 0 Å². The van der Waals surface area contributed by atoms with Gasteiger partial charge in [0.05, 0.1) is 0 Å². The summed E-state index contributed by atoms with van der Waals surface area (Å²) in [6, 6.07) is 6.18. The van der Waals surface area contributed by atoms with E-state index in [1.807, 2.05) is 17.4 Å². The standard InChI is InChI=1S/C16H18N2O5/c1-8(2)12(14(19)18-16(17)21)23-15(20)13-9(3)10-6-4-5-7-11(10)22-13/h4-8,12H,1-3H3,(H3,17,18,19,21)/t12-/m0/s1. The van der Waals surface area contributed by atoms with Crippen molar-refractivity contribution in [1.29, 1.82) is 0 Å². The van der Waals surface area contributed by atoms with Crippen molar-refractivity contribution in [1.82, 2.24) is 5.32 Å². The maximum absolute atomic E-state index is 12.3. The molecular formula is C16H18N2O5. The van der Waals surface area contributed by atoms with E-state index in [2.05, 4.69) is 0 Å². The normalized spacial score (nSPS) is 12.2. The lowest BCUT2D eigenvalue weighted by atomic mass is 10.1. The Balaban J connectivity index is 2.25. The highest BCUT2D eigenvalue weighted by Gasteiger charge is 2.30. The van der Waals surface area contributed by atoms with Gasteiger partial charge in [-0.25, -0.2) is 9.59 Å². The molecule has 0 saturated heterocycles. The van der Waals surface area contributed by atoms with Crippen LogP contribution in [0.2, 0.25) is 0 Å². The Morgan fingerprint density at radius 1 is 1.22 bits per heavy atom. The smallest absolute Gasteiger partial charge is 0.375 e. The van der Waals surface area contributed by atoms with Crippen LogP contribution in [0.15, 0.2) is 28.7 Å². The number of nitrogens with one attached hydrogen (secondary N) is 1. The van der Waals surface area contributed by atoms with E-state index in [4.69, 9.17) is 14.9 Å². The molecule has 0 saturated carbocycles. The quantitative estimate of drug-likeness (QED) is 0.839. The molecule has 0 spiro atoms. The molecule has 0 aliphatic heterocycles. The lowest BCUT2D eigenvalue weighted by Gasteiger charge is -2.19. The van der Waals surface area contributed by atoms with E-state index < -0.39 is 24.0 Å². The average molecular weight is 318 g/mol. The summed E-state index contributed by atoms with van der Waals surface area (Å²) in [6.07, 6.45) is -1.15. The Labute approximate surface area is 132 Å². The fourth-order valence-corrected chi connectivity index (χ4v) is 2.22. The predicted octanol–water partition coefficient (Wildman–Crippen LogP) is 2.12. The van der Waals surface area contributed by atoms with Crippen LogP contribution in [0.3, 0.4) is 0 Å². The number of hydrogen-bond donors (Lipinski definition) is 2. The van der Waals surface area contributed by atoms with Crippen molar-refractivity contribution in [2.75, 3.05) is 0 Å². The van der Waals surface area contributed by atoms with Crippen LogP contribution in [0, 0.1) is 12.8 Å². The van der Waals surface area contributed by atoms with Crippen LogP contribution in [0.5, 0.6) is 0 Å². The molecule has 1 atom stereocenters. The Hall–Kier alpha value is -2.83. The predicted molar refractivity (Wildman–Crippen MR) is 82.7 cm³/mol. The summed E-state index contributed by atoms with van der Waals surface area (Å²) in [6.45, 7) is 5.10. The molecule has 0 aliphatic rings. The largest absolute Gasteiger partial charge is 0.449 e. The third-order valence-electron chi connectivity index (χ3n) is 3.37. The van der Waals surface area contributed by atoms with Crippen molar-refractivity contribution in [2.45, 2.75) is 26.9 Å². The van der Waals surface area contributed by atoms with Gasteiger partial charge in [-0.3, -0.25) is 10.1 Å². The zero-order valence-electron chi connectivity index (χ0n) is 13.1. The van der Waals surface area contributed by atoms with Crippen LogP contribution in [0.25, 0.3) is 11.0 Å². The minimum absolute atomic E-state index is 0.0312. The van der Waals surface area contributed by atoms with Crippen molar-refractivity contribution >= 4 is 28.9 Å². The van der Waals surface area contributed by atoms with Crippen LogP contribution < -0.4 is 11.1 Å². The SMILES string of the molecule is Cc1c(C(=O)O[C@H](C(=O)NC(N)=O)C(C)C)oc2ccccc12. The summed E-state index contributed by atoms with van der Waals surface area (Å²) in [5.74, 6) is -1.85. The number of furan rings is 1. The molecule has 2 aromatic rings. The number of carbonyl (C=O) groups excluding carboxylic acids is 3. The number of para-hydroxylation sites is 1. The van der Waals surface area contributed by atoms with Gasteiger partial charge in [0, 0.05) is 10.9 Å². The number of esters is 1. The molecule has 7 nitrogen and oxygen atoms in total. The number of primary amides is 1. The second-order valence-corrected chi connectivity index (χ2v) is 5.48. The fourth-order valence-electron chi connectivity index (χ4n) is 2.22. The maximum atomic E-state index is 12.3. The van der Waals surface area contributed by atoms with Gasteiger partial charge in [-0.1, -0.05) is 32.0 Å². The summed E-state index contributed by atoms with van der Waals surface area (Å²) >= 11 is 0. The molecule has 0 radical (unpaired) electrons. The van der Waals surface area contributed by atoms with Crippen molar-refractivity contribution in [2.24, 2.45) is 11.7 Å². The van der Waals surface area contributed by atoms with Crippen molar-refractivity contribution in [3.05, 3.63) is 35.6 Å². The summed E-state index contributed by atoms with van der Waals surface area (Å²) in [7, 11) is 0.